The Morgan fingerprint density at radius 3 is 2.46 bits per heavy atom. The molecule has 0 aliphatic carbocycles. The number of methoxy groups -OCH3 is 1. The van der Waals surface area contributed by atoms with Crippen molar-refractivity contribution in [3.8, 4) is 16.9 Å². The van der Waals surface area contributed by atoms with Crippen LogP contribution in [0.3, 0.4) is 0 Å². The Bertz CT molecular complexity index is 1600. The Morgan fingerprint density at radius 2 is 1.73 bits per heavy atom. The number of esters is 1. The van der Waals surface area contributed by atoms with Gasteiger partial charge in [-0.1, -0.05) is 61.5 Å². The Kier molecular flexibility index (Phi) is 7.07. The van der Waals surface area contributed by atoms with E-state index in [0.717, 1.165) is 66.2 Å². The van der Waals surface area contributed by atoms with Crippen LogP contribution in [-0.4, -0.2) is 19.2 Å². The predicted octanol–water partition coefficient (Wildman–Crippen LogP) is 8.36. The van der Waals surface area contributed by atoms with Crippen molar-refractivity contribution in [1.29, 1.82) is 0 Å². The molecule has 0 unspecified atom stereocenters. The van der Waals surface area contributed by atoms with E-state index < -0.39 is 12.1 Å². The van der Waals surface area contributed by atoms with E-state index in [1.807, 2.05) is 43.3 Å². The summed E-state index contributed by atoms with van der Waals surface area (Å²) in [5, 5.41) is 3.41. The summed E-state index contributed by atoms with van der Waals surface area (Å²) < 4.78 is 18.4. The lowest BCUT2D eigenvalue weighted by Gasteiger charge is -2.21. The third-order valence-electron chi connectivity index (χ3n) is 6.96. The maximum absolute atomic E-state index is 12.7. The Labute approximate surface area is 225 Å². The summed E-state index contributed by atoms with van der Waals surface area (Å²) in [5.74, 6) is 1.18. The first-order valence-corrected chi connectivity index (χ1v) is 13.2. The first-order valence-electron chi connectivity index (χ1n) is 12.4. The lowest BCUT2D eigenvalue weighted by molar-refractivity contribution is -0.148. The smallest absolute Gasteiger partial charge is 0.347 e. The Balaban J connectivity index is 1.64. The molecule has 0 saturated carbocycles. The molecule has 0 radical (unpaired) electrons. The second-order valence-electron chi connectivity index (χ2n) is 9.25. The summed E-state index contributed by atoms with van der Waals surface area (Å²) in [4.78, 5) is 12.7. The van der Waals surface area contributed by atoms with E-state index in [1.165, 1.54) is 7.11 Å². The number of carbonyl (C=O) groups is 1. The van der Waals surface area contributed by atoms with Gasteiger partial charge in [0.2, 0.25) is 0 Å². The lowest BCUT2D eigenvalue weighted by Crippen LogP contribution is -2.31. The maximum Gasteiger partial charge on any atom is 0.347 e. The molecule has 1 heterocycles. The first kappa shape index (κ1) is 25.1. The molecule has 5 aromatic rings. The minimum atomic E-state index is -0.761. The fraction of sp³-hybridized carbons (Fsp3) is 0.219. The van der Waals surface area contributed by atoms with Gasteiger partial charge >= 0.3 is 5.97 Å². The number of halogens is 1. The number of benzene rings is 4. The highest BCUT2D eigenvalue weighted by molar-refractivity contribution is 9.10. The zero-order chi connectivity index (χ0) is 26.1. The van der Waals surface area contributed by atoms with Crippen LogP contribution in [0.15, 0.2) is 81.7 Å². The highest BCUT2D eigenvalue weighted by Crippen LogP contribution is 2.43. The number of hydrogen-bond donors (Lipinski definition) is 0. The molecule has 1 aromatic heterocycles. The van der Waals surface area contributed by atoms with Gasteiger partial charge in [-0.15, -0.1) is 0 Å². The normalized spacial score (nSPS) is 12.1. The van der Waals surface area contributed by atoms with Crippen LogP contribution in [0.4, 0.5) is 0 Å². The number of ether oxygens (including phenoxy) is 2. The summed E-state index contributed by atoms with van der Waals surface area (Å²) in [6.07, 6.45) is 0.392. The van der Waals surface area contributed by atoms with E-state index >= 15 is 0 Å². The molecule has 4 aromatic carbocycles. The van der Waals surface area contributed by atoms with E-state index in [0.29, 0.717) is 12.2 Å². The Hall–Kier alpha value is -3.57. The molecule has 37 heavy (non-hydrogen) atoms. The van der Waals surface area contributed by atoms with Gasteiger partial charge in [0.25, 0.3) is 0 Å². The van der Waals surface area contributed by atoms with Crippen molar-refractivity contribution >= 4 is 43.6 Å². The van der Waals surface area contributed by atoms with Gasteiger partial charge in [0.1, 0.15) is 17.1 Å². The fourth-order valence-electron chi connectivity index (χ4n) is 4.96. The van der Waals surface area contributed by atoms with Gasteiger partial charge in [-0.05, 0) is 87.4 Å². The van der Waals surface area contributed by atoms with Crippen molar-refractivity contribution in [2.24, 2.45) is 0 Å². The summed E-state index contributed by atoms with van der Waals surface area (Å²) in [7, 11) is 1.39. The largest absolute Gasteiger partial charge is 0.477 e. The molecular formula is C32H29BrO4. The lowest BCUT2D eigenvalue weighted by atomic mass is 9.91. The number of furan rings is 1. The highest BCUT2D eigenvalue weighted by Gasteiger charge is 2.25. The van der Waals surface area contributed by atoms with Crippen molar-refractivity contribution in [3.05, 3.63) is 99.7 Å². The number of hydrogen-bond acceptors (Lipinski definition) is 4. The highest BCUT2D eigenvalue weighted by atomic mass is 79.9. The molecule has 0 bridgehead atoms. The number of aryl methyl sites for hydroxylation is 3. The van der Waals surface area contributed by atoms with Crippen LogP contribution in [-0.2, 0) is 22.4 Å². The van der Waals surface area contributed by atoms with E-state index in [2.05, 4.69) is 66.2 Å². The zero-order valence-corrected chi connectivity index (χ0v) is 23.0. The summed E-state index contributed by atoms with van der Waals surface area (Å²) in [6, 6.07) is 24.6. The van der Waals surface area contributed by atoms with Crippen molar-refractivity contribution in [2.75, 3.05) is 7.11 Å². The molecule has 4 nitrogen and oxygen atoms in total. The van der Waals surface area contributed by atoms with Gasteiger partial charge < -0.3 is 13.9 Å². The third-order valence-corrected chi connectivity index (χ3v) is 7.55. The fourth-order valence-corrected chi connectivity index (χ4v) is 5.55. The molecule has 0 saturated heterocycles. The number of fused-ring (bicyclic) bond motifs is 2. The summed E-state index contributed by atoms with van der Waals surface area (Å²) in [5.41, 5.74) is 6.24. The molecule has 0 aliphatic heterocycles. The van der Waals surface area contributed by atoms with Crippen LogP contribution in [0, 0.1) is 13.8 Å². The van der Waals surface area contributed by atoms with Crippen LogP contribution in [0.1, 0.15) is 29.4 Å². The zero-order valence-electron chi connectivity index (χ0n) is 21.4. The molecule has 5 rings (SSSR count). The first-order chi connectivity index (χ1) is 17.9. The molecule has 0 N–H and O–H groups in total. The van der Waals surface area contributed by atoms with Crippen LogP contribution < -0.4 is 4.74 Å². The van der Waals surface area contributed by atoms with Crippen LogP contribution in [0.5, 0.6) is 5.75 Å². The van der Waals surface area contributed by atoms with Crippen LogP contribution in [0.25, 0.3) is 32.9 Å². The van der Waals surface area contributed by atoms with Crippen molar-refractivity contribution in [1.82, 2.24) is 0 Å². The van der Waals surface area contributed by atoms with Gasteiger partial charge in [0, 0.05) is 17.4 Å². The second-order valence-corrected chi connectivity index (χ2v) is 10.1. The predicted molar refractivity (Wildman–Crippen MR) is 152 cm³/mol. The number of rotatable bonds is 7. The van der Waals surface area contributed by atoms with E-state index in [4.69, 9.17) is 13.9 Å². The minimum Gasteiger partial charge on any atom is -0.477 e. The van der Waals surface area contributed by atoms with Gasteiger partial charge in [0.05, 0.1) is 11.6 Å². The van der Waals surface area contributed by atoms with Crippen molar-refractivity contribution < 1.29 is 18.7 Å². The minimum absolute atomic E-state index is 0.401. The SMILES string of the molecule is CCc1cc(-c2c3ccccc3cc3oc(C)c(C)c23)cc(Br)c1O[C@H](Cc1ccccc1)C(=O)OC. The van der Waals surface area contributed by atoms with Gasteiger partial charge in [-0.3, -0.25) is 0 Å². The van der Waals surface area contributed by atoms with E-state index in [9.17, 15) is 4.79 Å². The average molecular weight is 557 g/mol. The Morgan fingerprint density at radius 1 is 1.00 bits per heavy atom. The van der Waals surface area contributed by atoms with E-state index in [-0.39, 0.29) is 0 Å². The topological polar surface area (TPSA) is 48.7 Å². The third kappa shape index (κ3) is 4.76. The average Bonchev–Trinajstić information content (AvgIpc) is 3.20. The van der Waals surface area contributed by atoms with Crippen LogP contribution >= 0.6 is 15.9 Å². The summed E-state index contributed by atoms with van der Waals surface area (Å²) >= 11 is 3.77. The molecule has 0 fully saturated rings. The molecular weight excluding hydrogens is 528 g/mol. The number of carbonyl (C=O) groups excluding carboxylic acids is 1. The molecule has 0 aliphatic rings. The molecule has 5 heteroatoms. The molecule has 0 spiro atoms. The molecule has 1 atom stereocenters. The quantitative estimate of drug-likeness (QED) is 0.189. The standard InChI is InChI=1S/C32H29BrO4/c1-5-22-16-24(30-25-14-10-9-13-23(25)18-27-29(30)19(2)20(3)36-27)17-26(33)31(22)37-28(32(34)35-4)15-21-11-7-6-8-12-21/h6-14,16-18,28H,5,15H2,1-4H3/t28-/m1/s1. The van der Waals surface area contributed by atoms with Crippen LogP contribution in [0.2, 0.25) is 0 Å². The molecule has 188 valence electrons. The van der Waals surface area contributed by atoms with Crippen molar-refractivity contribution in [2.45, 2.75) is 39.7 Å². The monoisotopic (exact) mass is 556 g/mol. The van der Waals surface area contributed by atoms with Gasteiger partial charge in [-0.25, -0.2) is 4.79 Å². The van der Waals surface area contributed by atoms with Gasteiger partial charge in [0.15, 0.2) is 6.10 Å². The summed E-state index contributed by atoms with van der Waals surface area (Å²) in [6.45, 7) is 6.21. The van der Waals surface area contributed by atoms with Crippen molar-refractivity contribution in [3.63, 3.8) is 0 Å². The second kappa shape index (κ2) is 10.4. The molecule has 0 amide bonds. The van der Waals surface area contributed by atoms with Gasteiger partial charge in [-0.2, -0.15) is 0 Å². The van der Waals surface area contributed by atoms with E-state index in [1.54, 1.807) is 0 Å². The maximum atomic E-state index is 12.7.